The topological polar surface area (TPSA) is 19.0 Å². The molecule has 0 radical (unpaired) electrons. The quantitative estimate of drug-likeness (QED) is 0.165. The first-order valence-corrected chi connectivity index (χ1v) is 23.4. The molecule has 4 aliphatic rings. The first-order chi connectivity index (χ1) is 31.2. The zero-order chi connectivity index (χ0) is 42.9. The van der Waals surface area contributed by atoms with Crippen molar-refractivity contribution in [2.24, 2.45) is 0 Å². The molecule has 0 N–H and O–H groups in total. The Labute approximate surface area is 379 Å². The Balaban J connectivity index is 1.16. The minimum absolute atomic E-state index is 0.0107. The summed E-state index contributed by atoms with van der Waals surface area (Å²) < 4.78 is 9.83. The van der Waals surface area contributed by atoms with Gasteiger partial charge in [-0.25, -0.2) is 0 Å². The van der Waals surface area contributed by atoms with Crippen LogP contribution in [0, 0.1) is 0 Å². The lowest BCUT2D eigenvalue weighted by atomic mass is 9.36. The smallest absolute Gasteiger partial charge is 0.264 e. The Bertz CT molecular complexity index is 3360. The Morgan fingerprint density at radius 1 is 0.469 bits per heavy atom. The molecule has 8 aromatic carbocycles. The molecule has 0 spiro atoms. The minimum Gasteiger partial charge on any atom is -0.453 e. The van der Waals surface area contributed by atoms with Crippen molar-refractivity contribution in [2.45, 2.75) is 51.4 Å². The van der Waals surface area contributed by atoms with Gasteiger partial charge in [-0.1, -0.05) is 131 Å². The Morgan fingerprint density at radius 3 is 1.78 bits per heavy atom. The van der Waals surface area contributed by atoms with Gasteiger partial charge in [0.2, 0.25) is 0 Å². The van der Waals surface area contributed by atoms with Crippen molar-refractivity contribution in [1.82, 2.24) is 0 Å². The highest BCUT2D eigenvalue weighted by Gasteiger charge is 2.46. The summed E-state index contributed by atoms with van der Waals surface area (Å²) in [6.07, 6.45) is 2.35. The monoisotopic (exact) mass is 843 g/mol. The van der Waals surface area contributed by atoms with Gasteiger partial charge in [-0.05, 0) is 136 Å². The molecule has 0 amide bonds. The van der Waals surface area contributed by atoms with Crippen molar-refractivity contribution < 1.29 is 4.74 Å². The SMILES string of the molecule is CC1(C)CCC(C)(C)c2cc(-c3cc4c5c(c3)N(c3ccccc3)c3c(sc6ccccc36)B5c3ccc5cc3N4c3ccccc3Oc3ccccc3N5c3ccccc3)ccc21. The van der Waals surface area contributed by atoms with Gasteiger partial charge in [0, 0.05) is 49.0 Å². The summed E-state index contributed by atoms with van der Waals surface area (Å²) in [5.74, 6) is 1.59. The summed E-state index contributed by atoms with van der Waals surface area (Å²) in [7, 11) is 0. The second-order valence-electron chi connectivity index (χ2n) is 19.2. The van der Waals surface area contributed by atoms with E-state index in [1.54, 1.807) is 0 Å². The lowest BCUT2D eigenvalue weighted by Gasteiger charge is -2.44. The van der Waals surface area contributed by atoms with Crippen LogP contribution in [0.2, 0.25) is 0 Å². The Morgan fingerprint density at radius 2 is 1.06 bits per heavy atom. The third-order valence-electron chi connectivity index (χ3n) is 14.5. The van der Waals surface area contributed by atoms with Gasteiger partial charge in [0.25, 0.3) is 6.71 Å². The summed E-state index contributed by atoms with van der Waals surface area (Å²) >= 11 is 1.93. The number of hydrogen-bond acceptors (Lipinski definition) is 5. The second kappa shape index (κ2) is 13.7. The fourth-order valence-electron chi connectivity index (χ4n) is 11.2. The largest absolute Gasteiger partial charge is 0.453 e. The minimum atomic E-state index is -0.0107. The zero-order valence-electron chi connectivity index (χ0n) is 36.5. The highest BCUT2D eigenvalue weighted by molar-refractivity contribution is 7.33. The third kappa shape index (κ3) is 5.48. The van der Waals surface area contributed by atoms with Crippen molar-refractivity contribution in [3.63, 3.8) is 0 Å². The lowest BCUT2D eigenvalue weighted by Crippen LogP contribution is -2.60. The van der Waals surface area contributed by atoms with E-state index in [2.05, 4.69) is 224 Å². The molecule has 308 valence electrons. The molecular weight excluding hydrogens is 798 g/mol. The third-order valence-corrected chi connectivity index (χ3v) is 15.7. The van der Waals surface area contributed by atoms with E-state index in [9.17, 15) is 0 Å². The number of thiophene rings is 1. The molecule has 9 aromatic rings. The van der Waals surface area contributed by atoms with Crippen LogP contribution in [-0.2, 0) is 10.8 Å². The van der Waals surface area contributed by atoms with Crippen LogP contribution in [0.3, 0.4) is 0 Å². The van der Waals surface area contributed by atoms with Crippen LogP contribution >= 0.6 is 11.3 Å². The number of hydrogen-bond donors (Lipinski definition) is 0. The van der Waals surface area contributed by atoms with Crippen LogP contribution in [0.4, 0.5) is 51.2 Å². The van der Waals surface area contributed by atoms with Crippen LogP contribution < -0.4 is 35.1 Å². The molecule has 6 heteroatoms. The molecule has 3 aliphatic heterocycles. The van der Waals surface area contributed by atoms with Crippen molar-refractivity contribution >= 4 is 95.0 Å². The molecular formula is C58H46BN3OS. The van der Waals surface area contributed by atoms with Gasteiger partial charge in [-0.3, -0.25) is 0 Å². The van der Waals surface area contributed by atoms with E-state index in [1.807, 2.05) is 11.3 Å². The predicted octanol–water partition coefficient (Wildman–Crippen LogP) is 14.6. The number of anilines is 9. The maximum absolute atomic E-state index is 7.18. The Kier molecular flexibility index (Phi) is 8.06. The van der Waals surface area contributed by atoms with Gasteiger partial charge in [0.15, 0.2) is 11.5 Å². The van der Waals surface area contributed by atoms with E-state index in [1.165, 1.54) is 71.5 Å². The highest BCUT2D eigenvalue weighted by atomic mass is 32.1. The van der Waals surface area contributed by atoms with Crippen LogP contribution in [0.15, 0.2) is 182 Å². The Hall–Kier alpha value is -7.02. The van der Waals surface area contributed by atoms with Gasteiger partial charge in [-0.15, -0.1) is 11.3 Å². The molecule has 1 aromatic heterocycles. The van der Waals surface area contributed by atoms with Crippen LogP contribution in [0.25, 0.3) is 21.2 Å². The van der Waals surface area contributed by atoms with Crippen molar-refractivity contribution in [3.8, 4) is 22.6 Å². The van der Waals surface area contributed by atoms with E-state index in [4.69, 9.17) is 4.74 Å². The van der Waals surface area contributed by atoms with Crippen LogP contribution in [0.5, 0.6) is 11.5 Å². The number of para-hydroxylation sites is 6. The summed E-state index contributed by atoms with van der Waals surface area (Å²) in [6.45, 7) is 9.68. The predicted molar refractivity (Wildman–Crippen MR) is 271 cm³/mol. The van der Waals surface area contributed by atoms with Crippen LogP contribution in [0.1, 0.15) is 51.7 Å². The molecule has 4 heterocycles. The van der Waals surface area contributed by atoms with E-state index in [-0.39, 0.29) is 17.5 Å². The number of rotatable bonds is 3. The summed E-state index contributed by atoms with van der Waals surface area (Å²) in [6, 6.07) is 67.2. The van der Waals surface area contributed by atoms with Crippen molar-refractivity contribution in [1.29, 1.82) is 0 Å². The molecule has 0 unspecified atom stereocenters. The van der Waals surface area contributed by atoms with Crippen LogP contribution in [-0.4, -0.2) is 6.71 Å². The van der Waals surface area contributed by atoms with E-state index < -0.39 is 0 Å². The molecule has 1 aliphatic carbocycles. The molecule has 4 nitrogen and oxygen atoms in total. The fourth-order valence-corrected chi connectivity index (χ4v) is 12.5. The fraction of sp³-hybridized carbons (Fsp3) is 0.138. The number of nitrogens with zero attached hydrogens (tertiary/aromatic N) is 3. The summed E-state index contributed by atoms with van der Waals surface area (Å²) in [4.78, 5) is 7.42. The maximum Gasteiger partial charge on any atom is 0.264 e. The average molecular weight is 844 g/mol. The molecule has 0 saturated carbocycles. The number of fused-ring (bicyclic) bond motifs is 11. The second-order valence-corrected chi connectivity index (χ2v) is 20.2. The van der Waals surface area contributed by atoms with Gasteiger partial charge in [0.05, 0.1) is 17.1 Å². The number of benzene rings is 8. The molecule has 0 saturated heterocycles. The van der Waals surface area contributed by atoms with Crippen molar-refractivity contribution in [2.75, 3.05) is 14.7 Å². The standard InChI is InChI=1S/C58H46BN3OS/c1-57(2)31-32-58(3,4)44-33-37(27-29-43(44)57)38-34-49-54-50(35-38)62-47-23-13-15-25-52(47)63-51-24-14-12-22-46(51)60(39-17-7-5-8-18-39)41-28-30-45(48(62)36-41)59(54)56-55(42-21-11-16-26-53(42)64-56)61(49)40-19-9-6-10-20-40/h5-30,33-36H,31-32H2,1-4H3. The molecule has 13 rings (SSSR count). The number of ether oxygens (including phenoxy) is 1. The van der Waals surface area contributed by atoms with Gasteiger partial charge in [0.1, 0.15) is 0 Å². The molecule has 64 heavy (non-hydrogen) atoms. The molecule has 0 atom stereocenters. The molecule has 2 bridgehead atoms. The van der Waals surface area contributed by atoms with Gasteiger partial charge < -0.3 is 19.4 Å². The van der Waals surface area contributed by atoms with E-state index in [0.29, 0.717) is 0 Å². The summed E-state index contributed by atoms with van der Waals surface area (Å²) in [5.41, 5.74) is 18.2. The summed E-state index contributed by atoms with van der Waals surface area (Å²) in [5, 5.41) is 1.28. The maximum atomic E-state index is 7.18. The normalized spacial score (nSPS) is 15.9. The van der Waals surface area contributed by atoms with E-state index >= 15 is 0 Å². The molecule has 0 fully saturated rings. The average Bonchev–Trinajstić information content (AvgIpc) is 3.71. The van der Waals surface area contributed by atoms with Crippen molar-refractivity contribution in [3.05, 3.63) is 193 Å². The zero-order valence-corrected chi connectivity index (χ0v) is 37.3. The lowest BCUT2D eigenvalue weighted by molar-refractivity contribution is 0.332. The van der Waals surface area contributed by atoms with Gasteiger partial charge in [-0.2, -0.15) is 0 Å². The van der Waals surface area contributed by atoms with E-state index in [0.717, 1.165) is 52.0 Å². The highest BCUT2D eigenvalue weighted by Crippen LogP contribution is 2.54. The van der Waals surface area contributed by atoms with Gasteiger partial charge >= 0.3 is 0 Å². The first-order valence-electron chi connectivity index (χ1n) is 22.6. The first kappa shape index (κ1) is 37.5.